The summed E-state index contributed by atoms with van der Waals surface area (Å²) in [5, 5.41) is 14.2. The highest BCUT2D eigenvalue weighted by atomic mass is 16.4. The van der Waals surface area contributed by atoms with Gasteiger partial charge in [0.05, 0.1) is 11.9 Å². The van der Waals surface area contributed by atoms with Crippen LogP contribution in [0.15, 0.2) is 6.20 Å². The van der Waals surface area contributed by atoms with Gasteiger partial charge in [0.1, 0.15) is 11.9 Å². The molecule has 1 atom stereocenters. The minimum absolute atomic E-state index is 0.00671. The Bertz CT molecular complexity index is 600. The van der Waals surface area contributed by atoms with E-state index >= 15 is 0 Å². The van der Waals surface area contributed by atoms with Crippen molar-refractivity contribution in [3.05, 3.63) is 17.7 Å². The molecule has 8 nitrogen and oxygen atoms in total. The normalized spacial score (nSPS) is 18.5. The summed E-state index contributed by atoms with van der Waals surface area (Å²) in [5.74, 6) is -1.60. The van der Waals surface area contributed by atoms with Crippen molar-refractivity contribution >= 4 is 23.5 Å². The van der Waals surface area contributed by atoms with Gasteiger partial charge in [-0.2, -0.15) is 0 Å². The fourth-order valence-electron chi connectivity index (χ4n) is 1.96. The number of aromatic carboxylic acids is 1. The number of nitrogens with zero attached hydrogens (tertiary/aromatic N) is 2. The molecule has 21 heavy (non-hydrogen) atoms. The smallest absolute Gasteiger partial charge is 0.356 e. The minimum atomic E-state index is -1.20. The summed E-state index contributed by atoms with van der Waals surface area (Å²) in [6.07, 6.45) is 1.86. The van der Waals surface area contributed by atoms with Crippen molar-refractivity contribution in [2.45, 2.75) is 38.6 Å². The molecule has 1 aliphatic heterocycles. The first-order valence-electron chi connectivity index (χ1n) is 6.59. The van der Waals surface area contributed by atoms with Crippen molar-refractivity contribution in [1.29, 1.82) is 0 Å². The van der Waals surface area contributed by atoms with E-state index in [-0.39, 0.29) is 29.6 Å². The van der Waals surface area contributed by atoms with E-state index in [4.69, 9.17) is 0 Å². The van der Waals surface area contributed by atoms with E-state index in [1.54, 1.807) is 0 Å². The maximum absolute atomic E-state index is 11.7. The second-order valence-electron chi connectivity index (χ2n) is 5.10. The highest BCUT2D eigenvalue weighted by Crippen LogP contribution is 2.19. The lowest BCUT2D eigenvalue weighted by atomic mass is 10.1. The third kappa shape index (κ3) is 3.33. The number of rotatable bonds is 4. The number of amides is 2. The first-order valence-corrected chi connectivity index (χ1v) is 6.59. The summed E-state index contributed by atoms with van der Waals surface area (Å²) >= 11 is 0. The molecule has 0 radical (unpaired) electrons. The number of carbonyl (C=O) groups excluding carboxylic acids is 2. The largest absolute Gasteiger partial charge is 0.476 e. The molecular formula is C13H16N4O4. The maximum atomic E-state index is 11.7. The van der Waals surface area contributed by atoms with Gasteiger partial charge in [-0.1, -0.05) is 13.8 Å². The number of piperidine rings is 1. The first-order chi connectivity index (χ1) is 9.88. The molecule has 0 bridgehead atoms. The predicted molar refractivity (Wildman–Crippen MR) is 72.9 cm³/mol. The zero-order valence-corrected chi connectivity index (χ0v) is 11.7. The number of aromatic nitrogens is 2. The minimum Gasteiger partial charge on any atom is -0.476 e. The third-order valence-corrected chi connectivity index (χ3v) is 3.10. The first kappa shape index (κ1) is 14.9. The van der Waals surface area contributed by atoms with E-state index < -0.39 is 17.9 Å². The van der Waals surface area contributed by atoms with E-state index in [0.29, 0.717) is 12.2 Å². The van der Waals surface area contributed by atoms with E-state index in [0.717, 1.165) is 0 Å². The van der Waals surface area contributed by atoms with Crippen LogP contribution in [0.2, 0.25) is 0 Å². The molecule has 1 aliphatic rings. The fourth-order valence-corrected chi connectivity index (χ4v) is 1.96. The topological polar surface area (TPSA) is 121 Å². The van der Waals surface area contributed by atoms with Crippen LogP contribution >= 0.6 is 0 Å². The van der Waals surface area contributed by atoms with Crippen LogP contribution in [0.1, 0.15) is 48.9 Å². The molecular weight excluding hydrogens is 276 g/mol. The quantitative estimate of drug-likeness (QED) is 0.691. The van der Waals surface area contributed by atoms with Crippen LogP contribution in [0.25, 0.3) is 0 Å². The molecule has 112 valence electrons. The number of carbonyl (C=O) groups is 3. The molecule has 1 fully saturated rings. The lowest BCUT2D eigenvalue weighted by Gasteiger charge is -2.23. The van der Waals surface area contributed by atoms with Crippen LogP contribution in [-0.4, -0.2) is 38.9 Å². The molecule has 3 N–H and O–H groups in total. The van der Waals surface area contributed by atoms with Crippen LogP contribution < -0.4 is 10.6 Å². The number of nitrogens with one attached hydrogen (secondary N) is 2. The molecule has 1 saturated heterocycles. The number of carboxylic acid groups (broad SMARTS) is 1. The lowest BCUT2D eigenvalue weighted by molar-refractivity contribution is -0.133. The average Bonchev–Trinajstić information content (AvgIpc) is 2.41. The Morgan fingerprint density at radius 3 is 2.76 bits per heavy atom. The van der Waals surface area contributed by atoms with Gasteiger partial charge >= 0.3 is 5.97 Å². The maximum Gasteiger partial charge on any atom is 0.356 e. The highest BCUT2D eigenvalue weighted by molar-refractivity contribution is 6.02. The van der Waals surface area contributed by atoms with Crippen molar-refractivity contribution in [3.8, 4) is 0 Å². The Balaban J connectivity index is 2.25. The Hall–Kier alpha value is -2.51. The number of carboxylic acids is 1. The molecule has 1 aromatic heterocycles. The van der Waals surface area contributed by atoms with Crippen LogP contribution in [0, 0.1) is 0 Å². The third-order valence-electron chi connectivity index (χ3n) is 3.10. The summed E-state index contributed by atoms with van der Waals surface area (Å²) in [6, 6.07) is -0.672. The Kier molecular flexibility index (Phi) is 4.15. The summed E-state index contributed by atoms with van der Waals surface area (Å²) in [6.45, 7) is 3.71. The van der Waals surface area contributed by atoms with Crippen molar-refractivity contribution in [3.63, 3.8) is 0 Å². The number of hydrogen-bond acceptors (Lipinski definition) is 6. The van der Waals surface area contributed by atoms with Gasteiger partial charge in [0.25, 0.3) is 0 Å². The van der Waals surface area contributed by atoms with Gasteiger partial charge in [-0.3, -0.25) is 14.9 Å². The van der Waals surface area contributed by atoms with Crippen molar-refractivity contribution < 1.29 is 19.5 Å². The molecule has 2 amide bonds. The Labute approximate surface area is 121 Å². The summed E-state index contributed by atoms with van der Waals surface area (Å²) in [7, 11) is 0. The average molecular weight is 292 g/mol. The van der Waals surface area contributed by atoms with E-state index in [2.05, 4.69) is 20.6 Å². The number of imide groups is 1. The van der Waals surface area contributed by atoms with Crippen LogP contribution in [-0.2, 0) is 9.59 Å². The Morgan fingerprint density at radius 2 is 2.19 bits per heavy atom. The van der Waals surface area contributed by atoms with E-state index in [1.807, 2.05) is 13.8 Å². The van der Waals surface area contributed by atoms with Gasteiger partial charge in [0, 0.05) is 12.3 Å². The second-order valence-corrected chi connectivity index (χ2v) is 5.10. The molecule has 2 heterocycles. The van der Waals surface area contributed by atoms with Gasteiger partial charge in [-0.15, -0.1) is 0 Å². The highest BCUT2D eigenvalue weighted by Gasteiger charge is 2.28. The van der Waals surface area contributed by atoms with Crippen LogP contribution in [0.4, 0.5) is 5.69 Å². The Morgan fingerprint density at radius 1 is 1.48 bits per heavy atom. The monoisotopic (exact) mass is 292 g/mol. The molecule has 0 aromatic carbocycles. The van der Waals surface area contributed by atoms with Crippen molar-refractivity contribution in [2.75, 3.05) is 5.32 Å². The van der Waals surface area contributed by atoms with Gasteiger partial charge in [-0.25, -0.2) is 14.8 Å². The van der Waals surface area contributed by atoms with E-state index in [1.165, 1.54) is 6.20 Å². The SMILES string of the molecule is CC(C)c1ncc(NC2CCC(=O)NC2=O)c(C(=O)O)n1. The van der Waals surface area contributed by atoms with Crippen molar-refractivity contribution in [1.82, 2.24) is 15.3 Å². The fraction of sp³-hybridized carbons (Fsp3) is 0.462. The molecule has 0 aliphatic carbocycles. The number of hydrogen-bond donors (Lipinski definition) is 3. The second kappa shape index (κ2) is 5.86. The van der Waals surface area contributed by atoms with Gasteiger partial charge in [0.15, 0.2) is 5.69 Å². The van der Waals surface area contributed by atoms with E-state index in [9.17, 15) is 19.5 Å². The predicted octanol–water partition coefficient (Wildman–Crippen LogP) is 0.515. The van der Waals surface area contributed by atoms with Crippen LogP contribution in [0.5, 0.6) is 0 Å². The molecule has 0 saturated carbocycles. The lowest BCUT2D eigenvalue weighted by Crippen LogP contribution is -2.47. The zero-order valence-electron chi connectivity index (χ0n) is 11.7. The summed E-state index contributed by atoms with van der Waals surface area (Å²) in [5.41, 5.74) is -0.0141. The number of anilines is 1. The molecule has 1 aromatic rings. The van der Waals surface area contributed by atoms with Gasteiger partial charge < -0.3 is 10.4 Å². The molecule has 2 rings (SSSR count). The standard InChI is InChI=1S/C13H16N4O4/c1-6(2)11-14-5-8(10(17-11)13(20)21)15-7-3-4-9(18)16-12(7)19/h5-7,15H,3-4H2,1-2H3,(H,20,21)(H,16,18,19). The van der Waals surface area contributed by atoms with Gasteiger partial charge in [-0.05, 0) is 6.42 Å². The zero-order chi connectivity index (χ0) is 15.6. The van der Waals surface area contributed by atoms with Crippen molar-refractivity contribution in [2.24, 2.45) is 0 Å². The molecule has 1 unspecified atom stereocenters. The molecule has 8 heteroatoms. The molecule has 0 spiro atoms. The summed E-state index contributed by atoms with van der Waals surface area (Å²) < 4.78 is 0. The van der Waals surface area contributed by atoms with Crippen LogP contribution in [0.3, 0.4) is 0 Å². The van der Waals surface area contributed by atoms with Gasteiger partial charge in [0.2, 0.25) is 11.8 Å². The summed E-state index contributed by atoms with van der Waals surface area (Å²) in [4.78, 5) is 42.2.